The quantitative estimate of drug-likeness (QED) is 0.513. The minimum absolute atomic E-state index is 0.0117. The third kappa shape index (κ3) is 7.65. The van der Waals surface area contributed by atoms with E-state index < -0.39 is 0 Å². The largest absolute Gasteiger partial charge is 0.376 e. The van der Waals surface area contributed by atoms with Gasteiger partial charge in [-0.25, -0.2) is 0 Å². The summed E-state index contributed by atoms with van der Waals surface area (Å²) in [7, 11) is 0. The molecule has 0 aliphatic carbocycles. The molecule has 0 aliphatic heterocycles. The molecule has 0 saturated heterocycles. The maximum atomic E-state index is 12.1. The van der Waals surface area contributed by atoms with Gasteiger partial charge in [0.25, 0.3) is 0 Å². The lowest BCUT2D eigenvalue weighted by Gasteiger charge is -2.11. The predicted octanol–water partition coefficient (Wildman–Crippen LogP) is 4.07. The standard InChI is InChI=1S/C22H28N4O3/c1-4-5-20(27)24-17-8-6-16(7-9-17)23-14-21(28)25-18-10-12-19(13-11-18)26-22(29)15(2)3/h6-13,15,23H,4-5,14H2,1-3H3,(H,24,27)(H,25,28)(H,26,29). The number of amides is 3. The molecule has 4 N–H and O–H groups in total. The summed E-state index contributed by atoms with van der Waals surface area (Å²) in [6.45, 7) is 5.71. The highest BCUT2D eigenvalue weighted by Crippen LogP contribution is 2.16. The van der Waals surface area contributed by atoms with Crippen molar-refractivity contribution in [3.05, 3.63) is 48.5 Å². The normalized spacial score (nSPS) is 10.3. The van der Waals surface area contributed by atoms with Crippen molar-refractivity contribution in [2.24, 2.45) is 5.92 Å². The first kappa shape index (κ1) is 21.9. The van der Waals surface area contributed by atoms with Crippen molar-refractivity contribution in [1.82, 2.24) is 0 Å². The minimum Gasteiger partial charge on any atom is -0.376 e. The third-order valence-electron chi connectivity index (χ3n) is 4.06. The van der Waals surface area contributed by atoms with E-state index in [2.05, 4.69) is 21.3 Å². The van der Waals surface area contributed by atoms with E-state index in [0.29, 0.717) is 17.8 Å². The monoisotopic (exact) mass is 396 g/mol. The Bertz CT molecular complexity index is 830. The Kier molecular flexibility index (Phi) is 8.21. The molecule has 0 heterocycles. The molecule has 0 aliphatic rings. The minimum atomic E-state index is -0.190. The molecule has 29 heavy (non-hydrogen) atoms. The molecule has 0 unspecified atom stereocenters. The maximum Gasteiger partial charge on any atom is 0.243 e. The van der Waals surface area contributed by atoms with Crippen LogP contribution in [0.2, 0.25) is 0 Å². The Labute approximate surface area is 171 Å². The van der Waals surface area contributed by atoms with E-state index in [-0.39, 0.29) is 30.2 Å². The lowest BCUT2D eigenvalue weighted by molar-refractivity contribution is -0.119. The van der Waals surface area contributed by atoms with Crippen LogP contribution >= 0.6 is 0 Å². The van der Waals surface area contributed by atoms with E-state index in [1.807, 2.05) is 20.8 Å². The summed E-state index contributed by atoms with van der Waals surface area (Å²) >= 11 is 0. The lowest BCUT2D eigenvalue weighted by Crippen LogP contribution is -2.22. The van der Waals surface area contributed by atoms with Crippen molar-refractivity contribution in [2.45, 2.75) is 33.6 Å². The van der Waals surface area contributed by atoms with Crippen LogP contribution in [0.25, 0.3) is 0 Å². The van der Waals surface area contributed by atoms with Crippen molar-refractivity contribution in [3.8, 4) is 0 Å². The first-order valence-corrected chi connectivity index (χ1v) is 9.72. The summed E-state index contributed by atoms with van der Waals surface area (Å²) in [4.78, 5) is 35.4. The van der Waals surface area contributed by atoms with Gasteiger partial charge in [0.05, 0.1) is 6.54 Å². The Morgan fingerprint density at radius 3 is 1.66 bits per heavy atom. The highest BCUT2D eigenvalue weighted by molar-refractivity contribution is 5.95. The van der Waals surface area contributed by atoms with Crippen LogP contribution in [0.15, 0.2) is 48.5 Å². The van der Waals surface area contributed by atoms with Gasteiger partial charge in [-0.05, 0) is 55.0 Å². The average molecular weight is 396 g/mol. The fraction of sp³-hybridized carbons (Fsp3) is 0.318. The fourth-order valence-electron chi connectivity index (χ4n) is 2.43. The summed E-state index contributed by atoms with van der Waals surface area (Å²) < 4.78 is 0. The Morgan fingerprint density at radius 2 is 1.17 bits per heavy atom. The summed E-state index contributed by atoms with van der Waals surface area (Å²) in [6.07, 6.45) is 1.29. The van der Waals surface area contributed by atoms with Gasteiger partial charge >= 0.3 is 0 Å². The van der Waals surface area contributed by atoms with E-state index >= 15 is 0 Å². The van der Waals surface area contributed by atoms with Gasteiger partial charge in [0.2, 0.25) is 17.7 Å². The zero-order valence-electron chi connectivity index (χ0n) is 17.0. The molecule has 0 aromatic heterocycles. The molecule has 7 nitrogen and oxygen atoms in total. The predicted molar refractivity (Wildman–Crippen MR) is 117 cm³/mol. The Morgan fingerprint density at radius 1 is 0.724 bits per heavy atom. The van der Waals surface area contributed by atoms with Gasteiger partial charge in [-0.3, -0.25) is 14.4 Å². The first-order valence-electron chi connectivity index (χ1n) is 9.72. The molecule has 0 saturated carbocycles. The van der Waals surface area contributed by atoms with Crippen LogP contribution in [0.3, 0.4) is 0 Å². The highest BCUT2D eigenvalue weighted by Gasteiger charge is 2.07. The topological polar surface area (TPSA) is 99.3 Å². The van der Waals surface area contributed by atoms with Crippen molar-refractivity contribution < 1.29 is 14.4 Å². The second kappa shape index (κ2) is 10.8. The first-order chi connectivity index (χ1) is 13.9. The number of rotatable bonds is 9. The molecule has 0 spiro atoms. The molecule has 0 radical (unpaired) electrons. The van der Waals surface area contributed by atoms with Crippen molar-refractivity contribution in [1.29, 1.82) is 0 Å². The lowest BCUT2D eigenvalue weighted by atomic mass is 10.2. The molecule has 7 heteroatoms. The number of nitrogens with one attached hydrogen (secondary N) is 4. The molecule has 0 fully saturated rings. The van der Waals surface area contributed by atoms with E-state index in [1.165, 1.54) is 0 Å². The molecular weight excluding hydrogens is 368 g/mol. The van der Waals surface area contributed by atoms with E-state index in [9.17, 15) is 14.4 Å². The SMILES string of the molecule is CCCC(=O)Nc1ccc(NCC(=O)Nc2ccc(NC(=O)C(C)C)cc2)cc1. The Balaban J connectivity index is 1.79. The van der Waals surface area contributed by atoms with Crippen LogP contribution in [-0.4, -0.2) is 24.3 Å². The summed E-state index contributed by atoms with van der Waals surface area (Å²) in [5.41, 5.74) is 2.84. The number of carbonyl (C=O) groups excluding carboxylic acids is 3. The molecule has 2 aromatic rings. The zero-order valence-corrected chi connectivity index (χ0v) is 17.0. The van der Waals surface area contributed by atoms with Crippen LogP contribution in [0.1, 0.15) is 33.6 Å². The van der Waals surface area contributed by atoms with E-state index in [4.69, 9.17) is 0 Å². The molecular formula is C22H28N4O3. The average Bonchev–Trinajstić information content (AvgIpc) is 2.69. The fourth-order valence-corrected chi connectivity index (χ4v) is 2.43. The van der Waals surface area contributed by atoms with Crippen molar-refractivity contribution >= 4 is 40.5 Å². The summed E-state index contributed by atoms with van der Waals surface area (Å²) in [5, 5.41) is 11.5. The number of hydrogen-bond donors (Lipinski definition) is 4. The molecule has 3 amide bonds. The van der Waals surface area contributed by atoms with E-state index in [0.717, 1.165) is 17.8 Å². The van der Waals surface area contributed by atoms with Crippen LogP contribution in [0, 0.1) is 5.92 Å². The van der Waals surface area contributed by atoms with Crippen molar-refractivity contribution in [3.63, 3.8) is 0 Å². The molecule has 154 valence electrons. The van der Waals surface area contributed by atoms with Gasteiger partial charge in [0.1, 0.15) is 0 Å². The third-order valence-corrected chi connectivity index (χ3v) is 4.06. The van der Waals surface area contributed by atoms with E-state index in [1.54, 1.807) is 48.5 Å². The van der Waals surface area contributed by atoms with Crippen molar-refractivity contribution in [2.75, 3.05) is 27.8 Å². The Hall–Kier alpha value is -3.35. The number of anilines is 4. The van der Waals surface area contributed by atoms with Crippen LogP contribution < -0.4 is 21.3 Å². The number of benzene rings is 2. The van der Waals surface area contributed by atoms with Gasteiger partial charge in [0.15, 0.2) is 0 Å². The second-order valence-corrected chi connectivity index (χ2v) is 7.00. The van der Waals surface area contributed by atoms with Crippen LogP contribution in [0.5, 0.6) is 0 Å². The number of hydrogen-bond acceptors (Lipinski definition) is 4. The summed E-state index contributed by atoms with van der Waals surface area (Å²) in [5.74, 6) is -0.351. The molecule has 2 rings (SSSR count). The van der Waals surface area contributed by atoms with Gasteiger partial charge in [0, 0.05) is 35.1 Å². The second-order valence-electron chi connectivity index (χ2n) is 7.00. The zero-order chi connectivity index (χ0) is 21.2. The molecule has 0 atom stereocenters. The molecule has 0 bridgehead atoms. The maximum absolute atomic E-state index is 12.1. The van der Waals surface area contributed by atoms with Crippen LogP contribution in [0.4, 0.5) is 22.7 Å². The highest BCUT2D eigenvalue weighted by atomic mass is 16.2. The van der Waals surface area contributed by atoms with Gasteiger partial charge in [-0.1, -0.05) is 20.8 Å². The van der Waals surface area contributed by atoms with Gasteiger partial charge < -0.3 is 21.3 Å². The van der Waals surface area contributed by atoms with Gasteiger partial charge in [-0.15, -0.1) is 0 Å². The number of carbonyl (C=O) groups is 3. The molecule has 2 aromatic carbocycles. The summed E-state index contributed by atoms with van der Waals surface area (Å²) in [6, 6.07) is 14.2. The smallest absolute Gasteiger partial charge is 0.243 e. The van der Waals surface area contributed by atoms with Crippen LogP contribution in [-0.2, 0) is 14.4 Å². The van der Waals surface area contributed by atoms with Gasteiger partial charge in [-0.2, -0.15) is 0 Å².